The van der Waals surface area contributed by atoms with Crippen molar-refractivity contribution in [3.63, 3.8) is 0 Å². The zero-order chi connectivity index (χ0) is 36.9. The van der Waals surface area contributed by atoms with E-state index in [9.17, 15) is 0 Å². The highest BCUT2D eigenvalue weighted by Gasteiger charge is 2.24. The average Bonchev–Trinajstić information content (AvgIpc) is 3.57. The Balaban J connectivity index is 1.37. The van der Waals surface area contributed by atoms with E-state index < -0.39 is 0 Å². The van der Waals surface area contributed by atoms with Gasteiger partial charge in [0.25, 0.3) is 0 Å². The predicted molar refractivity (Wildman–Crippen MR) is 218 cm³/mol. The molecule has 0 atom stereocenters. The molecule has 0 saturated carbocycles. The summed E-state index contributed by atoms with van der Waals surface area (Å²) in [6, 6.07) is 32.6. The Morgan fingerprint density at radius 3 is 2.10 bits per heavy atom. The van der Waals surface area contributed by atoms with Crippen molar-refractivity contribution >= 4 is 21.8 Å². The molecule has 5 heteroatoms. The van der Waals surface area contributed by atoms with Gasteiger partial charge in [0.15, 0.2) is 0 Å². The van der Waals surface area contributed by atoms with Crippen molar-refractivity contribution in [3.8, 4) is 34.1 Å². The van der Waals surface area contributed by atoms with Crippen molar-refractivity contribution in [3.05, 3.63) is 131 Å². The highest BCUT2D eigenvalue weighted by Crippen LogP contribution is 2.39. The van der Waals surface area contributed by atoms with Gasteiger partial charge in [0.1, 0.15) is 17.3 Å². The minimum atomic E-state index is -0.104. The molecule has 0 radical (unpaired) electrons. The third kappa shape index (κ3) is 6.77. The van der Waals surface area contributed by atoms with E-state index in [-0.39, 0.29) is 5.41 Å². The number of hydrogen-bond acceptors (Lipinski definition) is 3. The SMILES string of the molecule is Cc1cccc(C)c1-c1c(C)nn(-c2cc(Oc3ccc4c5ccccc5n(-c5cc(CC(C)C)ccn5)c4c3)cc(C(C)(C)C)c2)c1CC(C)C. The standard InChI is InChI=1S/C47H52N4O/c1-29(2)22-34-20-21-48-44(24-34)50-41-17-12-11-16-39(41)40-19-18-37(28-42(40)50)52-38-26-35(47(8,9)10)25-36(27-38)51-43(23-30(3)4)46(33(7)49-51)45-31(5)14-13-15-32(45)6/h11-21,24-30H,22-23H2,1-10H3. The van der Waals surface area contributed by atoms with Gasteiger partial charge >= 0.3 is 0 Å². The zero-order valence-electron chi connectivity index (χ0n) is 32.5. The molecule has 266 valence electrons. The molecule has 3 heterocycles. The summed E-state index contributed by atoms with van der Waals surface area (Å²) in [6.07, 6.45) is 3.85. The van der Waals surface area contributed by atoms with Crippen LogP contribution in [0.25, 0.3) is 44.4 Å². The molecule has 0 fully saturated rings. The Hall–Kier alpha value is -5.16. The summed E-state index contributed by atoms with van der Waals surface area (Å²) in [4.78, 5) is 4.87. The second kappa shape index (κ2) is 13.8. The number of rotatable bonds is 9. The van der Waals surface area contributed by atoms with Crippen molar-refractivity contribution in [1.29, 1.82) is 0 Å². The normalized spacial score (nSPS) is 12.2. The summed E-state index contributed by atoms with van der Waals surface area (Å²) in [5.74, 6) is 3.51. The van der Waals surface area contributed by atoms with Crippen LogP contribution in [0, 0.1) is 32.6 Å². The molecule has 52 heavy (non-hydrogen) atoms. The Labute approximate surface area is 309 Å². The Morgan fingerprint density at radius 1 is 0.673 bits per heavy atom. The molecular weight excluding hydrogens is 637 g/mol. The average molecular weight is 689 g/mol. The van der Waals surface area contributed by atoms with Gasteiger partial charge in [-0.05, 0) is 121 Å². The minimum absolute atomic E-state index is 0.104. The van der Waals surface area contributed by atoms with Crippen LogP contribution >= 0.6 is 0 Å². The molecule has 7 aromatic rings. The van der Waals surface area contributed by atoms with Crippen LogP contribution in [0.2, 0.25) is 0 Å². The number of nitrogens with zero attached hydrogens (tertiary/aromatic N) is 4. The molecule has 0 amide bonds. The van der Waals surface area contributed by atoms with E-state index in [2.05, 4.69) is 169 Å². The summed E-state index contributed by atoms with van der Waals surface area (Å²) in [5, 5.41) is 7.62. The first-order chi connectivity index (χ1) is 24.8. The van der Waals surface area contributed by atoms with Gasteiger partial charge in [-0.15, -0.1) is 0 Å². The Morgan fingerprint density at radius 2 is 1.38 bits per heavy atom. The maximum absolute atomic E-state index is 6.85. The van der Waals surface area contributed by atoms with E-state index in [4.69, 9.17) is 14.8 Å². The number of ether oxygens (including phenoxy) is 1. The van der Waals surface area contributed by atoms with Crippen LogP contribution in [0.15, 0.2) is 97.2 Å². The third-order valence-corrected chi connectivity index (χ3v) is 10.1. The molecule has 0 bridgehead atoms. The number of para-hydroxylation sites is 1. The predicted octanol–water partition coefficient (Wildman–Crippen LogP) is 12.4. The van der Waals surface area contributed by atoms with E-state index >= 15 is 0 Å². The molecule has 0 saturated heterocycles. The zero-order valence-corrected chi connectivity index (χ0v) is 32.5. The smallest absolute Gasteiger partial charge is 0.137 e. The molecule has 7 rings (SSSR count). The molecule has 0 unspecified atom stereocenters. The molecule has 0 aliphatic heterocycles. The van der Waals surface area contributed by atoms with Gasteiger partial charge in [-0.25, -0.2) is 9.67 Å². The van der Waals surface area contributed by atoms with E-state index in [1.54, 1.807) is 0 Å². The van der Waals surface area contributed by atoms with Crippen LogP contribution in [0.1, 0.15) is 82.1 Å². The second-order valence-corrected chi connectivity index (χ2v) is 16.4. The Kier molecular flexibility index (Phi) is 9.33. The van der Waals surface area contributed by atoms with Crippen molar-refractivity contribution < 1.29 is 4.74 Å². The Bertz CT molecular complexity index is 2400. The van der Waals surface area contributed by atoms with Crippen LogP contribution in [-0.4, -0.2) is 19.3 Å². The summed E-state index contributed by atoms with van der Waals surface area (Å²) in [7, 11) is 0. The molecule has 4 aromatic carbocycles. The highest BCUT2D eigenvalue weighted by molar-refractivity contribution is 6.09. The van der Waals surface area contributed by atoms with E-state index in [1.165, 1.54) is 49.8 Å². The molecule has 0 aliphatic carbocycles. The maximum Gasteiger partial charge on any atom is 0.137 e. The lowest BCUT2D eigenvalue weighted by Gasteiger charge is -2.22. The number of fused-ring (bicyclic) bond motifs is 3. The van der Waals surface area contributed by atoms with Gasteiger partial charge in [-0.1, -0.05) is 84.9 Å². The van der Waals surface area contributed by atoms with Crippen LogP contribution in [0.3, 0.4) is 0 Å². The highest BCUT2D eigenvalue weighted by atomic mass is 16.5. The summed E-state index contributed by atoms with van der Waals surface area (Å²) < 4.78 is 11.3. The fourth-order valence-corrected chi connectivity index (χ4v) is 7.67. The van der Waals surface area contributed by atoms with Crippen LogP contribution in [-0.2, 0) is 18.3 Å². The van der Waals surface area contributed by atoms with Crippen LogP contribution in [0.4, 0.5) is 0 Å². The first-order valence-electron chi connectivity index (χ1n) is 18.8. The van der Waals surface area contributed by atoms with Crippen molar-refractivity contribution in [1.82, 2.24) is 19.3 Å². The van der Waals surface area contributed by atoms with E-state index in [0.717, 1.165) is 52.6 Å². The monoisotopic (exact) mass is 688 g/mol. The van der Waals surface area contributed by atoms with Crippen LogP contribution < -0.4 is 4.74 Å². The molecule has 0 N–H and O–H groups in total. The lowest BCUT2D eigenvalue weighted by molar-refractivity contribution is 0.478. The lowest BCUT2D eigenvalue weighted by Crippen LogP contribution is -2.13. The molecular formula is C47H52N4O. The minimum Gasteiger partial charge on any atom is -0.457 e. The fourth-order valence-electron chi connectivity index (χ4n) is 7.67. The number of aromatic nitrogens is 4. The topological polar surface area (TPSA) is 44.9 Å². The van der Waals surface area contributed by atoms with Crippen molar-refractivity contribution in [2.75, 3.05) is 0 Å². The summed E-state index contributed by atoms with van der Waals surface area (Å²) >= 11 is 0. The number of hydrogen-bond donors (Lipinski definition) is 0. The van der Waals surface area contributed by atoms with Gasteiger partial charge < -0.3 is 4.74 Å². The molecule has 3 aromatic heterocycles. The second-order valence-electron chi connectivity index (χ2n) is 16.4. The van der Waals surface area contributed by atoms with Gasteiger partial charge in [-0.2, -0.15) is 5.10 Å². The van der Waals surface area contributed by atoms with Crippen LogP contribution in [0.5, 0.6) is 11.5 Å². The fraction of sp³-hybridized carbons (Fsp3) is 0.319. The molecule has 0 spiro atoms. The summed E-state index contributed by atoms with van der Waals surface area (Å²) in [6.45, 7) is 22.4. The number of pyridine rings is 1. The first kappa shape index (κ1) is 35.3. The lowest BCUT2D eigenvalue weighted by atomic mass is 9.86. The maximum atomic E-state index is 6.85. The summed E-state index contributed by atoms with van der Waals surface area (Å²) in [5.41, 5.74) is 13.0. The van der Waals surface area contributed by atoms with E-state index in [0.29, 0.717) is 11.8 Å². The van der Waals surface area contributed by atoms with Crippen molar-refractivity contribution in [2.24, 2.45) is 11.8 Å². The largest absolute Gasteiger partial charge is 0.457 e. The molecule has 5 nitrogen and oxygen atoms in total. The van der Waals surface area contributed by atoms with Crippen molar-refractivity contribution in [2.45, 2.75) is 87.5 Å². The third-order valence-electron chi connectivity index (χ3n) is 10.1. The van der Waals surface area contributed by atoms with Gasteiger partial charge in [-0.3, -0.25) is 4.57 Å². The number of aryl methyl sites for hydroxylation is 3. The quantitative estimate of drug-likeness (QED) is 0.152. The first-order valence-corrected chi connectivity index (χ1v) is 18.8. The van der Waals surface area contributed by atoms with Gasteiger partial charge in [0, 0.05) is 34.7 Å². The van der Waals surface area contributed by atoms with Gasteiger partial charge in [0.05, 0.1) is 28.1 Å². The molecule has 0 aliphatic rings. The van der Waals surface area contributed by atoms with Gasteiger partial charge in [0.2, 0.25) is 0 Å². The van der Waals surface area contributed by atoms with E-state index in [1.807, 2.05) is 6.20 Å². The number of benzene rings is 4.